The summed E-state index contributed by atoms with van der Waals surface area (Å²) in [6.07, 6.45) is 3.62. The lowest BCUT2D eigenvalue weighted by Crippen LogP contribution is -2.11. The van der Waals surface area contributed by atoms with Crippen molar-refractivity contribution in [3.05, 3.63) is 30.2 Å². The summed E-state index contributed by atoms with van der Waals surface area (Å²) in [6, 6.07) is 3.46. The van der Waals surface area contributed by atoms with Gasteiger partial charge < -0.3 is 9.51 Å². The van der Waals surface area contributed by atoms with Crippen molar-refractivity contribution in [2.24, 2.45) is 0 Å². The van der Waals surface area contributed by atoms with E-state index in [1.165, 1.54) is 0 Å². The summed E-state index contributed by atoms with van der Waals surface area (Å²) >= 11 is 0. The standard InChI is InChI=1S/C11H14N2O/c1-11(2,3)9-7-13-6-8(14)4-5-10(13)12-9/h4-7,14H,1-3H3. The van der Waals surface area contributed by atoms with Gasteiger partial charge >= 0.3 is 0 Å². The Hall–Kier alpha value is -1.51. The van der Waals surface area contributed by atoms with Crippen molar-refractivity contribution >= 4 is 5.65 Å². The van der Waals surface area contributed by atoms with E-state index < -0.39 is 0 Å². The van der Waals surface area contributed by atoms with Gasteiger partial charge in [-0.3, -0.25) is 0 Å². The molecule has 0 fully saturated rings. The third-order valence-electron chi connectivity index (χ3n) is 2.20. The van der Waals surface area contributed by atoms with Crippen LogP contribution >= 0.6 is 0 Å². The third kappa shape index (κ3) is 1.45. The molecule has 0 atom stereocenters. The van der Waals surface area contributed by atoms with E-state index in [0.717, 1.165) is 11.3 Å². The Balaban J connectivity index is 2.63. The van der Waals surface area contributed by atoms with Crippen LogP contribution in [0.3, 0.4) is 0 Å². The monoisotopic (exact) mass is 190 g/mol. The smallest absolute Gasteiger partial charge is 0.137 e. The van der Waals surface area contributed by atoms with Gasteiger partial charge in [0.05, 0.1) is 11.9 Å². The summed E-state index contributed by atoms with van der Waals surface area (Å²) in [5.41, 5.74) is 1.94. The van der Waals surface area contributed by atoms with Crippen LogP contribution in [-0.4, -0.2) is 14.5 Å². The number of imidazole rings is 1. The summed E-state index contributed by atoms with van der Waals surface area (Å²) in [4.78, 5) is 4.48. The van der Waals surface area contributed by atoms with Crippen molar-refractivity contribution in [1.29, 1.82) is 0 Å². The number of pyridine rings is 1. The lowest BCUT2D eigenvalue weighted by molar-refractivity contribution is 0.472. The molecule has 0 aliphatic carbocycles. The Morgan fingerprint density at radius 3 is 2.57 bits per heavy atom. The first-order chi connectivity index (χ1) is 6.47. The third-order valence-corrected chi connectivity index (χ3v) is 2.20. The van der Waals surface area contributed by atoms with Crippen LogP contribution in [-0.2, 0) is 5.41 Å². The van der Waals surface area contributed by atoms with Gasteiger partial charge in [0, 0.05) is 11.6 Å². The topological polar surface area (TPSA) is 37.5 Å². The fourth-order valence-electron chi connectivity index (χ4n) is 1.34. The van der Waals surface area contributed by atoms with Gasteiger partial charge in [-0.25, -0.2) is 4.98 Å². The number of hydrogen-bond acceptors (Lipinski definition) is 2. The SMILES string of the molecule is CC(C)(C)c1cn2cc(O)ccc2n1. The van der Waals surface area contributed by atoms with Gasteiger partial charge in [-0.1, -0.05) is 20.8 Å². The predicted molar refractivity (Wildman–Crippen MR) is 55.6 cm³/mol. The van der Waals surface area contributed by atoms with Crippen LogP contribution < -0.4 is 0 Å². The first-order valence-corrected chi connectivity index (χ1v) is 4.65. The van der Waals surface area contributed by atoms with Crippen LogP contribution in [0.1, 0.15) is 26.5 Å². The van der Waals surface area contributed by atoms with E-state index in [-0.39, 0.29) is 11.2 Å². The van der Waals surface area contributed by atoms with Crippen molar-refractivity contribution in [3.63, 3.8) is 0 Å². The zero-order valence-corrected chi connectivity index (χ0v) is 8.65. The summed E-state index contributed by atoms with van der Waals surface area (Å²) in [7, 11) is 0. The van der Waals surface area contributed by atoms with Gasteiger partial charge in [-0.2, -0.15) is 0 Å². The summed E-state index contributed by atoms with van der Waals surface area (Å²) in [5, 5.41) is 9.29. The highest BCUT2D eigenvalue weighted by atomic mass is 16.3. The predicted octanol–water partition coefficient (Wildman–Crippen LogP) is 2.34. The summed E-state index contributed by atoms with van der Waals surface area (Å²) < 4.78 is 1.84. The lowest BCUT2D eigenvalue weighted by Gasteiger charge is -2.13. The molecule has 0 aliphatic rings. The molecule has 2 aromatic rings. The number of aromatic nitrogens is 2. The molecule has 0 radical (unpaired) electrons. The number of nitrogens with zero attached hydrogens (tertiary/aromatic N) is 2. The molecule has 0 bridgehead atoms. The number of fused-ring (bicyclic) bond motifs is 1. The molecule has 2 rings (SSSR count). The second-order valence-electron chi connectivity index (χ2n) is 4.53. The van der Waals surface area contributed by atoms with Crippen LogP contribution in [0.15, 0.2) is 24.5 Å². The van der Waals surface area contributed by atoms with Crippen LogP contribution in [0, 0.1) is 0 Å². The van der Waals surface area contributed by atoms with Gasteiger partial charge in [-0.05, 0) is 12.1 Å². The van der Waals surface area contributed by atoms with Crippen molar-refractivity contribution in [1.82, 2.24) is 9.38 Å². The van der Waals surface area contributed by atoms with Crippen LogP contribution in [0.4, 0.5) is 0 Å². The molecular weight excluding hydrogens is 176 g/mol. The highest BCUT2D eigenvalue weighted by molar-refractivity contribution is 5.43. The largest absolute Gasteiger partial charge is 0.506 e. The maximum absolute atomic E-state index is 9.29. The molecule has 1 N–H and O–H groups in total. The molecule has 0 aromatic carbocycles. The maximum atomic E-state index is 9.29. The van der Waals surface area contributed by atoms with Gasteiger partial charge in [0.15, 0.2) is 0 Å². The molecule has 0 saturated heterocycles. The summed E-state index contributed by atoms with van der Waals surface area (Å²) in [5.74, 6) is 0.260. The molecule has 3 nitrogen and oxygen atoms in total. The van der Waals surface area contributed by atoms with E-state index in [1.54, 1.807) is 12.3 Å². The number of aromatic hydroxyl groups is 1. The lowest BCUT2D eigenvalue weighted by atomic mass is 9.93. The average molecular weight is 190 g/mol. The molecule has 0 amide bonds. The quantitative estimate of drug-likeness (QED) is 0.692. The molecule has 2 heterocycles. The fourth-order valence-corrected chi connectivity index (χ4v) is 1.34. The van der Waals surface area contributed by atoms with Gasteiger partial charge in [0.1, 0.15) is 11.4 Å². The van der Waals surface area contributed by atoms with E-state index in [4.69, 9.17) is 0 Å². The Bertz CT molecular complexity index is 466. The van der Waals surface area contributed by atoms with Crippen molar-refractivity contribution in [3.8, 4) is 5.75 Å². The second-order valence-corrected chi connectivity index (χ2v) is 4.53. The molecular formula is C11H14N2O. The number of hydrogen-bond donors (Lipinski definition) is 1. The Labute approximate surface area is 83.0 Å². The van der Waals surface area contributed by atoms with Gasteiger partial charge in [0.2, 0.25) is 0 Å². The Morgan fingerprint density at radius 2 is 1.93 bits per heavy atom. The molecule has 74 valence electrons. The number of rotatable bonds is 0. The minimum atomic E-state index is 0.0433. The summed E-state index contributed by atoms with van der Waals surface area (Å²) in [6.45, 7) is 6.36. The molecule has 14 heavy (non-hydrogen) atoms. The van der Waals surface area contributed by atoms with E-state index >= 15 is 0 Å². The minimum absolute atomic E-state index is 0.0433. The molecule has 0 aliphatic heterocycles. The van der Waals surface area contributed by atoms with E-state index in [2.05, 4.69) is 25.8 Å². The zero-order valence-electron chi connectivity index (χ0n) is 8.65. The van der Waals surface area contributed by atoms with Crippen LogP contribution in [0.25, 0.3) is 5.65 Å². The zero-order chi connectivity index (χ0) is 10.3. The highest BCUT2D eigenvalue weighted by Crippen LogP contribution is 2.22. The molecule has 2 aromatic heterocycles. The molecule has 0 spiro atoms. The van der Waals surface area contributed by atoms with Crippen molar-refractivity contribution in [2.75, 3.05) is 0 Å². The van der Waals surface area contributed by atoms with Crippen molar-refractivity contribution in [2.45, 2.75) is 26.2 Å². The second kappa shape index (κ2) is 2.74. The fraction of sp³-hybridized carbons (Fsp3) is 0.364. The highest BCUT2D eigenvalue weighted by Gasteiger charge is 2.17. The molecule has 0 saturated carbocycles. The Kier molecular flexibility index (Phi) is 1.77. The van der Waals surface area contributed by atoms with Crippen molar-refractivity contribution < 1.29 is 5.11 Å². The van der Waals surface area contributed by atoms with Crippen LogP contribution in [0.5, 0.6) is 5.75 Å². The van der Waals surface area contributed by atoms with Crippen LogP contribution in [0.2, 0.25) is 0 Å². The normalized spacial score (nSPS) is 12.2. The van der Waals surface area contributed by atoms with Gasteiger partial charge in [0.25, 0.3) is 0 Å². The first kappa shape index (κ1) is 9.06. The van der Waals surface area contributed by atoms with Gasteiger partial charge in [-0.15, -0.1) is 0 Å². The average Bonchev–Trinajstić information content (AvgIpc) is 2.45. The van der Waals surface area contributed by atoms with E-state index in [0.29, 0.717) is 0 Å². The first-order valence-electron chi connectivity index (χ1n) is 4.65. The van der Waals surface area contributed by atoms with E-state index in [1.807, 2.05) is 16.7 Å². The van der Waals surface area contributed by atoms with E-state index in [9.17, 15) is 5.11 Å². The molecule has 3 heteroatoms. The molecule has 0 unspecified atom stereocenters. The Morgan fingerprint density at radius 1 is 1.21 bits per heavy atom. The minimum Gasteiger partial charge on any atom is -0.506 e. The maximum Gasteiger partial charge on any atom is 0.137 e.